The van der Waals surface area contributed by atoms with E-state index in [1.54, 1.807) is 43.3 Å². The van der Waals surface area contributed by atoms with Crippen molar-refractivity contribution in [3.63, 3.8) is 0 Å². The van der Waals surface area contributed by atoms with Crippen molar-refractivity contribution in [2.24, 2.45) is 5.92 Å². The number of rotatable bonds is 6. The van der Waals surface area contributed by atoms with Crippen LogP contribution in [0.2, 0.25) is 0 Å². The van der Waals surface area contributed by atoms with Gasteiger partial charge >= 0.3 is 12.1 Å². The first kappa shape index (κ1) is 31.7. The highest BCUT2D eigenvalue weighted by molar-refractivity contribution is 5.98. The number of nitrogens with one attached hydrogen (secondary N) is 2. The maximum absolute atomic E-state index is 14.9. The van der Waals surface area contributed by atoms with Crippen LogP contribution in [-0.4, -0.2) is 35.3 Å². The molecule has 2 N–H and O–H groups in total. The molecule has 3 aromatic rings. The van der Waals surface area contributed by atoms with Gasteiger partial charge in [0.15, 0.2) is 0 Å². The largest absolute Gasteiger partial charge is 0.471 e. The summed E-state index contributed by atoms with van der Waals surface area (Å²) in [6.45, 7) is 7.77. The average molecular weight is 598 g/mol. The molecule has 2 unspecified atom stereocenters. The normalized spacial score (nSPS) is 17.3. The first-order valence-electron chi connectivity index (χ1n) is 14.1. The van der Waals surface area contributed by atoms with E-state index in [0.717, 1.165) is 5.56 Å². The van der Waals surface area contributed by atoms with Gasteiger partial charge in [-0.3, -0.25) is 14.4 Å². The van der Waals surface area contributed by atoms with Crippen molar-refractivity contribution in [2.75, 3.05) is 11.9 Å². The molecule has 1 fully saturated rings. The Morgan fingerprint density at radius 3 is 2.26 bits per heavy atom. The highest BCUT2D eigenvalue weighted by Crippen LogP contribution is 2.39. The van der Waals surface area contributed by atoms with Crippen molar-refractivity contribution >= 4 is 23.4 Å². The van der Waals surface area contributed by atoms with E-state index in [2.05, 4.69) is 26.1 Å². The summed E-state index contributed by atoms with van der Waals surface area (Å²) in [7, 11) is 0. The summed E-state index contributed by atoms with van der Waals surface area (Å²) >= 11 is 0. The van der Waals surface area contributed by atoms with Crippen LogP contribution in [0.3, 0.4) is 0 Å². The number of amides is 3. The van der Waals surface area contributed by atoms with E-state index in [9.17, 15) is 31.9 Å². The van der Waals surface area contributed by atoms with Crippen LogP contribution in [0.5, 0.6) is 0 Å². The molecule has 3 aromatic carbocycles. The second-order valence-corrected chi connectivity index (χ2v) is 11.9. The van der Waals surface area contributed by atoms with Crippen LogP contribution in [-0.2, 0) is 21.5 Å². The molecule has 3 amide bonds. The summed E-state index contributed by atoms with van der Waals surface area (Å²) in [6.07, 6.45) is -4.03. The number of likely N-dealkylation sites (tertiary alicyclic amines) is 1. The van der Waals surface area contributed by atoms with Gasteiger partial charge in [-0.15, -0.1) is 0 Å². The number of halogens is 4. The molecule has 0 aromatic heterocycles. The van der Waals surface area contributed by atoms with Gasteiger partial charge in [0.1, 0.15) is 5.82 Å². The summed E-state index contributed by atoms with van der Waals surface area (Å²) < 4.78 is 52.8. The van der Waals surface area contributed by atoms with Gasteiger partial charge in [0.2, 0.25) is 5.91 Å². The van der Waals surface area contributed by atoms with Gasteiger partial charge in [0.25, 0.3) is 5.91 Å². The van der Waals surface area contributed by atoms with Crippen LogP contribution in [0.15, 0.2) is 66.7 Å². The number of carbonyl (C=O) groups is 3. The van der Waals surface area contributed by atoms with E-state index in [1.807, 2.05) is 23.5 Å². The second kappa shape index (κ2) is 12.6. The second-order valence-electron chi connectivity index (χ2n) is 11.9. The van der Waals surface area contributed by atoms with E-state index < -0.39 is 35.8 Å². The highest BCUT2D eigenvalue weighted by atomic mass is 19.4. The van der Waals surface area contributed by atoms with Crippen LogP contribution in [0, 0.1) is 18.7 Å². The smallest absolute Gasteiger partial charge is 0.344 e. The lowest BCUT2D eigenvalue weighted by Gasteiger charge is -2.41. The third-order valence-electron chi connectivity index (χ3n) is 7.69. The number of hydrogen-bond acceptors (Lipinski definition) is 3. The van der Waals surface area contributed by atoms with E-state index in [1.165, 1.54) is 17.0 Å². The number of anilines is 1. The molecule has 2 atom stereocenters. The Morgan fingerprint density at radius 1 is 0.953 bits per heavy atom. The molecule has 0 radical (unpaired) electrons. The molecule has 1 saturated heterocycles. The van der Waals surface area contributed by atoms with Gasteiger partial charge in [-0.25, -0.2) is 4.39 Å². The number of alkyl halides is 3. The molecule has 228 valence electrons. The van der Waals surface area contributed by atoms with Gasteiger partial charge in [-0.05, 0) is 65.6 Å². The third-order valence-corrected chi connectivity index (χ3v) is 7.69. The topological polar surface area (TPSA) is 78.5 Å². The molecule has 1 aliphatic rings. The number of carbonyl (C=O) groups excluding carboxylic acids is 3. The number of benzene rings is 3. The summed E-state index contributed by atoms with van der Waals surface area (Å²) in [4.78, 5) is 40.4. The van der Waals surface area contributed by atoms with Crippen molar-refractivity contribution in [1.29, 1.82) is 0 Å². The van der Waals surface area contributed by atoms with Crippen LogP contribution >= 0.6 is 0 Å². The van der Waals surface area contributed by atoms with Gasteiger partial charge in [0.05, 0.1) is 17.5 Å². The maximum Gasteiger partial charge on any atom is 0.471 e. The zero-order valence-corrected chi connectivity index (χ0v) is 24.5. The fourth-order valence-corrected chi connectivity index (χ4v) is 5.37. The standard InChI is InChI=1S/C33H35F4N3O3/c1-20-8-5-12-26(34)27(20)30(42)40-17-7-11-25(29(41)39-24-10-6-9-23(18-24)32(2,3)4)28(40)22-15-13-21(14-16-22)19-38-31(43)33(35,36)37/h5-6,8-10,12-16,18,25,28H,7,11,17,19H2,1-4H3,(H,38,43)(H,39,41). The summed E-state index contributed by atoms with van der Waals surface area (Å²) in [5, 5.41) is 4.83. The molecule has 1 heterocycles. The lowest BCUT2D eigenvalue weighted by Crippen LogP contribution is -2.46. The van der Waals surface area contributed by atoms with Crippen LogP contribution in [0.4, 0.5) is 23.2 Å². The molecule has 0 bridgehead atoms. The average Bonchev–Trinajstić information content (AvgIpc) is 2.94. The number of hydrogen-bond donors (Lipinski definition) is 2. The highest BCUT2D eigenvalue weighted by Gasteiger charge is 2.41. The molecular formula is C33H35F4N3O3. The van der Waals surface area contributed by atoms with Gasteiger partial charge < -0.3 is 15.5 Å². The zero-order valence-electron chi connectivity index (χ0n) is 24.5. The van der Waals surface area contributed by atoms with Gasteiger partial charge in [-0.1, -0.05) is 69.3 Å². The third kappa shape index (κ3) is 7.42. The molecule has 0 aliphatic carbocycles. The molecule has 10 heteroatoms. The summed E-state index contributed by atoms with van der Waals surface area (Å²) in [5.41, 5.74) is 2.86. The van der Waals surface area contributed by atoms with Crippen molar-refractivity contribution in [2.45, 2.75) is 64.7 Å². The molecule has 0 spiro atoms. The number of nitrogens with zero attached hydrogens (tertiary/aromatic N) is 1. The Balaban J connectivity index is 1.67. The Morgan fingerprint density at radius 2 is 1.63 bits per heavy atom. The SMILES string of the molecule is Cc1cccc(F)c1C(=O)N1CCCC(C(=O)Nc2cccc(C(C)(C)C)c2)C1c1ccc(CNC(=O)C(F)(F)F)cc1. The van der Waals surface area contributed by atoms with Crippen molar-refractivity contribution < 1.29 is 31.9 Å². The fourth-order valence-electron chi connectivity index (χ4n) is 5.37. The molecule has 1 aliphatic heterocycles. The zero-order chi connectivity index (χ0) is 31.5. The van der Waals surface area contributed by atoms with E-state index in [-0.39, 0.29) is 30.0 Å². The van der Waals surface area contributed by atoms with Crippen LogP contribution in [0.1, 0.15) is 72.3 Å². The van der Waals surface area contributed by atoms with E-state index >= 15 is 0 Å². The first-order chi connectivity index (χ1) is 20.2. The minimum atomic E-state index is -5.00. The number of aryl methyl sites for hydroxylation is 1. The van der Waals surface area contributed by atoms with E-state index in [4.69, 9.17) is 0 Å². The Bertz CT molecular complexity index is 1480. The Kier molecular flexibility index (Phi) is 9.27. The van der Waals surface area contributed by atoms with Crippen molar-refractivity contribution in [1.82, 2.24) is 10.2 Å². The molecule has 4 rings (SSSR count). The lowest BCUT2D eigenvalue weighted by molar-refractivity contribution is -0.173. The minimum Gasteiger partial charge on any atom is -0.344 e. The molecule has 43 heavy (non-hydrogen) atoms. The van der Waals surface area contributed by atoms with Crippen LogP contribution < -0.4 is 10.6 Å². The number of piperidine rings is 1. The Labute approximate surface area is 248 Å². The lowest BCUT2D eigenvalue weighted by atomic mass is 9.82. The molecular weight excluding hydrogens is 562 g/mol. The van der Waals surface area contributed by atoms with E-state index in [0.29, 0.717) is 35.2 Å². The summed E-state index contributed by atoms with van der Waals surface area (Å²) in [6, 6.07) is 17.5. The quantitative estimate of drug-likeness (QED) is 0.306. The summed E-state index contributed by atoms with van der Waals surface area (Å²) in [5.74, 6) is -4.26. The van der Waals surface area contributed by atoms with Crippen molar-refractivity contribution in [3.05, 3.63) is 100 Å². The molecule has 6 nitrogen and oxygen atoms in total. The van der Waals surface area contributed by atoms with Gasteiger partial charge in [0, 0.05) is 18.8 Å². The molecule has 0 saturated carbocycles. The van der Waals surface area contributed by atoms with Crippen molar-refractivity contribution in [3.8, 4) is 0 Å². The van der Waals surface area contributed by atoms with Gasteiger partial charge in [-0.2, -0.15) is 13.2 Å². The Hall–Kier alpha value is -4.21. The predicted octanol–water partition coefficient (Wildman–Crippen LogP) is 6.84. The minimum absolute atomic E-state index is 0.0714. The monoisotopic (exact) mass is 597 g/mol. The maximum atomic E-state index is 14.9. The fraction of sp³-hybridized carbons (Fsp3) is 0.364. The predicted molar refractivity (Wildman–Crippen MR) is 156 cm³/mol. The van der Waals surface area contributed by atoms with Crippen LogP contribution in [0.25, 0.3) is 0 Å². The first-order valence-corrected chi connectivity index (χ1v) is 14.1.